The van der Waals surface area contributed by atoms with Gasteiger partial charge in [0.15, 0.2) is 0 Å². The molecular weight excluding hydrogens is 355 g/mol. The summed E-state index contributed by atoms with van der Waals surface area (Å²) in [5.41, 5.74) is 1.12. The predicted molar refractivity (Wildman–Crippen MR) is 113 cm³/mol. The molecule has 0 saturated carbocycles. The Hall–Kier alpha value is -1.25. The number of unbranched alkanes of at least 4 members (excludes halogenated alkanes) is 7. The van der Waals surface area contributed by atoms with Gasteiger partial charge in [0.05, 0.1) is 0 Å². The molecule has 2 rings (SSSR count). The third kappa shape index (κ3) is 7.01. The molecule has 0 radical (unpaired) electrons. The first-order valence-electron chi connectivity index (χ1n) is 10.2. The van der Waals surface area contributed by atoms with E-state index in [0.717, 1.165) is 30.4 Å². The Morgan fingerprint density at radius 2 is 1.15 bits per heavy atom. The number of benzene rings is 2. The summed E-state index contributed by atoms with van der Waals surface area (Å²) in [6.45, 7) is 2.24. The third-order valence-electron chi connectivity index (χ3n) is 5.10. The second-order valence-electron chi connectivity index (χ2n) is 7.13. The number of hydrogen-bond acceptors (Lipinski definition) is 3. The largest absolute Gasteiger partial charge is 0.328 e. The smallest absolute Gasteiger partial charge is 0.328 e. The van der Waals surface area contributed by atoms with Gasteiger partial charge in [-0.2, -0.15) is 0 Å². The maximum Gasteiger partial charge on any atom is 0.328 e. The second kappa shape index (κ2) is 12.3. The molecule has 27 heavy (non-hydrogen) atoms. The molecule has 0 aliphatic carbocycles. The molecule has 2 aromatic carbocycles. The fourth-order valence-corrected chi connectivity index (χ4v) is 4.25. The van der Waals surface area contributed by atoms with Crippen LogP contribution in [-0.4, -0.2) is 9.79 Å². The Kier molecular flexibility index (Phi) is 10.0. The lowest BCUT2D eigenvalue weighted by Gasteiger charge is -2.35. The average molecular weight is 388 g/mol. The van der Waals surface area contributed by atoms with Crippen molar-refractivity contribution in [3.05, 3.63) is 71.8 Å². The van der Waals surface area contributed by atoms with Gasteiger partial charge < -0.3 is 9.79 Å². The van der Waals surface area contributed by atoms with Gasteiger partial charge in [-0.15, -0.1) is 0 Å². The summed E-state index contributed by atoms with van der Waals surface area (Å²) >= 11 is 0. The third-order valence-corrected chi connectivity index (χ3v) is 5.58. The van der Waals surface area contributed by atoms with Crippen LogP contribution in [0.15, 0.2) is 60.7 Å². The lowest BCUT2D eigenvalue weighted by molar-refractivity contribution is 0.0791. The summed E-state index contributed by atoms with van der Waals surface area (Å²) < 4.78 is 5.85. The standard InChI is InChI=1S/C23H33O3P/c1-2-3-4-5-6-7-8-15-20-23(26-27(24)25,21-16-11-9-12-17-21)22-18-13-10-14-19-22/h9-14,16-19,24-25H,2-8,15,20H2,1H3. The zero-order valence-corrected chi connectivity index (χ0v) is 17.3. The molecule has 0 aromatic heterocycles. The van der Waals surface area contributed by atoms with Crippen LogP contribution in [0.2, 0.25) is 0 Å². The molecule has 0 aliphatic heterocycles. The molecule has 0 saturated heterocycles. The van der Waals surface area contributed by atoms with Crippen LogP contribution in [0, 0.1) is 0 Å². The minimum atomic E-state index is -2.47. The fraction of sp³-hybridized carbons (Fsp3) is 0.478. The van der Waals surface area contributed by atoms with Gasteiger partial charge in [0.2, 0.25) is 0 Å². The van der Waals surface area contributed by atoms with Crippen LogP contribution in [0.4, 0.5) is 0 Å². The van der Waals surface area contributed by atoms with E-state index in [0.29, 0.717) is 0 Å². The molecule has 0 fully saturated rings. The SMILES string of the molecule is CCCCCCCCCCC(OP(O)O)(c1ccccc1)c1ccccc1. The zero-order chi connectivity index (χ0) is 19.4. The summed E-state index contributed by atoms with van der Waals surface area (Å²) in [6, 6.07) is 19.9. The molecule has 0 bridgehead atoms. The van der Waals surface area contributed by atoms with Crippen molar-refractivity contribution in [1.82, 2.24) is 0 Å². The van der Waals surface area contributed by atoms with E-state index in [9.17, 15) is 9.79 Å². The molecule has 0 unspecified atom stereocenters. The highest BCUT2D eigenvalue weighted by molar-refractivity contribution is 7.39. The molecule has 3 nitrogen and oxygen atoms in total. The van der Waals surface area contributed by atoms with E-state index >= 15 is 0 Å². The van der Waals surface area contributed by atoms with Gasteiger partial charge in [-0.3, -0.25) is 4.52 Å². The van der Waals surface area contributed by atoms with E-state index in [-0.39, 0.29) is 0 Å². The van der Waals surface area contributed by atoms with Crippen LogP contribution < -0.4 is 0 Å². The Balaban J connectivity index is 2.10. The van der Waals surface area contributed by atoms with Crippen molar-refractivity contribution >= 4 is 8.60 Å². The minimum absolute atomic E-state index is 0.732. The van der Waals surface area contributed by atoms with Gasteiger partial charge in [0, 0.05) is 0 Å². The van der Waals surface area contributed by atoms with E-state index in [1.165, 1.54) is 38.5 Å². The topological polar surface area (TPSA) is 49.7 Å². The van der Waals surface area contributed by atoms with Crippen molar-refractivity contribution in [1.29, 1.82) is 0 Å². The second-order valence-corrected chi connectivity index (χ2v) is 7.82. The number of hydrogen-bond donors (Lipinski definition) is 2. The molecule has 0 atom stereocenters. The van der Waals surface area contributed by atoms with Crippen LogP contribution in [0.25, 0.3) is 0 Å². The van der Waals surface area contributed by atoms with Gasteiger partial charge >= 0.3 is 8.60 Å². The first-order valence-corrected chi connectivity index (χ1v) is 11.3. The van der Waals surface area contributed by atoms with Crippen molar-refractivity contribution in [2.45, 2.75) is 70.3 Å². The maximum atomic E-state index is 9.73. The fourth-order valence-electron chi connectivity index (χ4n) is 3.67. The Bertz CT molecular complexity index is 577. The summed E-state index contributed by atoms with van der Waals surface area (Å²) in [5.74, 6) is 0. The summed E-state index contributed by atoms with van der Waals surface area (Å²) in [6.07, 6.45) is 10.6. The molecule has 148 valence electrons. The zero-order valence-electron chi connectivity index (χ0n) is 16.4. The normalized spacial score (nSPS) is 11.9. The van der Waals surface area contributed by atoms with Crippen LogP contribution >= 0.6 is 8.60 Å². The van der Waals surface area contributed by atoms with Crippen LogP contribution in [0.3, 0.4) is 0 Å². The lowest BCUT2D eigenvalue weighted by Crippen LogP contribution is -2.29. The van der Waals surface area contributed by atoms with Crippen molar-refractivity contribution in [3.63, 3.8) is 0 Å². The molecule has 2 aromatic rings. The first kappa shape index (κ1) is 22.0. The van der Waals surface area contributed by atoms with Crippen LogP contribution in [0.1, 0.15) is 75.8 Å². The Morgan fingerprint density at radius 3 is 1.59 bits per heavy atom. The maximum absolute atomic E-state index is 9.73. The van der Waals surface area contributed by atoms with E-state index in [1.54, 1.807) is 0 Å². The van der Waals surface area contributed by atoms with E-state index in [4.69, 9.17) is 4.52 Å². The molecular formula is C23H33O3P. The molecule has 0 heterocycles. The molecule has 0 amide bonds. The van der Waals surface area contributed by atoms with Gasteiger partial charge in [0.25, 0.3) is 0 Å². The summed E-state index contributed by atoms with van der Waals surface area (Å²) in [4.78, 5) is 19.5. The average Bonchev–Trinajstić information content (AvgIpc) is 2.70. The number of rotatable bonds is 13. The van der Waals surface area contributed by atoms with Crippen LogP contribution in [0.5, 0.6) is 0 Å². The molecule has 0 aliphatic rings. The Labute approximate surface area is 165 Å². The predicted octanol–water partition coefficient (Wildman–Crippen LogP) is 6.69. The highest BCUT2D eigenvalue weighted by atomic mass is 31.2. The van der Waals surface area contributed by atoms with Gasteiger partial charge in [-0.05, 0) is 24.0 Å². The summed E-state index contributed by atoms with van der Waals surface area (Å²) in [7, 11) is -2.47. The van der Waals surface area contributed by atoms with Gasteiger partial charge in [0.1, 0.15) is 5.60 Å². The Morgan fingerprint density at radius 1 is 0.704 bits per heavy atom. The van der Waals surface area contributed by atoms with Crippen molar-refractivity contribution < 1.29 is 14.3 Å². The van der Waals surface area contributed by atoms with Crippen molar-refractivity contribution in [2.75, 3.05) is 0 Å². The van der Waals surface area contributed by atoms with Gasteiger partial charge in [-0.25, -0.2) is 0 Å². The van der Waals surface area contributed by atoms with E-state index < -0.39 is 14.2 Å². The highest BCUT2D eigenvalue weighted by Gasteiger charge is 2.37. The lowest BCUT2D eigenvalue weighted by atomic mass is 9.82. The quantitative estimate of drug-likeness (QED) is 0.297. The monoisotopic (exact) mass is 388 g/mol. The van der Waals surface area contributed by atoms with E-state index in [1.807, 2.05) is 60.7 Å². The van der Waals surface area contributed by atoms with E-state index in [2.05, 4.69) is 6.92 Å². The molecule has 4 heteroatoms. The van der Waals surface area contributed by atoms with Crippen LogP contribution in [-0.2, 0) is 10.1 Å². The highest BCUT2D eigenvalue weighted by Crippen LogP contribution is 2.46. The summed E-state index contributed by atoms with van der Waals surface area (Å²) in [5, 5.41) is 0. The molecule has 2 N–H and O–H groups in total. The van der Waals surface area contributed by atoms with Crippen molar-refractivity contribution in [2.24, 2.45) is 0 Å². The minimum Gasteiger partial charge on any atom is -0.328 e. The van der Waals surface area contributed by atoms with Crippen molar-refractivity contribution in [3.8, 4) is 0 Å². The first-order chi connectivity index (χ1) is 13.2. The molecule has 0 spiro atoms. The van der Waals surface area contributed by atoms with Gasteiger partial charge in [-0.1, -0.05) is 113 Å².